The smallest absolute Gasteiger partial charge is 0.260 e. The van der Waals surface area contributed by atoms with Crippen molar-refractivity contribution in [1.82, 2.24) is 4.98 Å². The molecular weight excluding hydrogens is 248 g/mol. The minimum Gasteiger partial charge on any atom is -0.493 e. The summed E-state index contributed by atoms with van der Waals surface area (Å²) in [5, 5.41) is 0.830. The lowest BCUT2D eigenvalue weighted by Gasteiger charge is -2.00. The number of primary amides is 1. The molecule has 0 saturated carbocycles. The van der Waals surface area contributed by atoms with Crippen molar-refractivity contribution in [3.05, 3.63) is 34.3 Å². The summed E-state index contributed by atoms with van der Waals surface area (Å²) in [6, 6.07) is 6.00. The molecule has 0 saturated heterocycles. The Morgan fingerprint density at radius 2 is 2.33 bits per heavy atom. The fraction of sp³-hybridized carbons (Fsp3) is 0.231. The zero-order valence-electron chi connectivity index (χ0n) is 9.90. The SMILES string of the molecule is Cc1nc(-c2ccc3c(c2)CCO3)sc1C(N)=O. The average molecular weight is 260 g/mol. The van der Waals surface area contributed by atoms with Crippen molar-refractivity contribution in [1.29, 1.82) is 0 Å². The van der Waals surface area contributed by atoms with Gasteiger partial charge in [-0.05, 0) is 30.7 Å². The van der Waals surface area contributed by atoms with Crippen LogP contribution in [0.2, 0.25) is 0 Å². The molecule has 2 heterocycles. The molecule has 1 aliphatic heterocycles. The van der Waals surface area contributed by atoms with Crippen molar-refractivity contribution in [2.45, 2.75) is 13.3 Å². The van der Waals surface area contributed by atoms with Crippen LogP contribution in [0.5, 0.6) is 5.75 Å². The minimum absolute atomic E-state index is 0.416. The Hall–Kier alpha value is -1.88. The van der Waals surface area contributed by atoms with Crippen LogP contribution in [0.25, 0.3) is 10.6 Å². The van der Waals surface area contributed by atoms with Gasteiger partial charge in [0.15, 0.2) is 0 Å². The lowest BCUT2D eigenvalue weighted by molar-refractivity contribution is 0.100. The highest BCUT2D eigenvalue weighted by molar-refractivity contribution is 7.17. The maximum Gasteiger partial charge on any atom is 0.260 e. The number of carbonyl (C=O) groups excluding carboxylic acids is 1. The Balaban J connectivity index is 2.05. The monoisotopic (exact) mass is 260 g/mol. The lowest BCUT2D eigenvalue weighted by Crippen LogP contribution is -2.09. The predicted octanol–water partition coefficient (Wildman–Crippen LogP) is 2.15. The molecule has 0 spiro atoms. The van der Waals surface area contributed by atoms with Gasteiger partial charge in [0, 0.05) is 12.0 Å². The van der Waals surface area contributed by atoms with Crippen LogP contribution in [0.1, 0.15) is 20.9 Å². The molecule has 1 aromatic heterocycles. The lowest BCUT2D eigenvalue weighted by atomic mass is 10.1. The zero-order chi connectivity index (χ0) is 12.7. The van der Waals surface area contributed by atoms with Crippen LogP contribution in [0, 0.1) is 6.92 Å². The van der Waals surface area contributed by atoms with Crippen molar-refractivity contribution < 1.29 is 9.53 Å². The van der Waals surface area contributed by atoms with Crippen LogP contribution < -0.4 is 10.5 Å². The number of rotatable bonds is 2. The third-order valence-electron chi connectivity index (χ3n) is 2.96. The quantitative estimate of drug-likeness (QED) is 0.899. The number of aryl methyl sites for hydroxylation is 1. The molecule has 5 heteroatoms. The van der Waals surface area contributed by atoms with Gasteiger partial charge >= 0.3 is 0 Å². The first-order valence-electron chi connectivity index (χ1n) is 5.68. The summed E-state index contributed by atoms with van der Waals surface area (Å²) >= 11 is 1.34. The number of aromatic nitrogens is 1. The van der Waals surface area contributed by atoms with Crippen molar-refractivity contribution in [3.8, 4) is 16.3 Å². The highest BCUT2D eigenvalue weighted by atomic mass is 32.1. The average Bonchev–Trinajstić information content (AvgIpc) is 2.93. The van der Waals surface area contributed by atoms with Crippen LogP contribution in [0.15, 0.2) is 18.2 Å². The van der Waals surface area contributed by atoms with Gasteiger partial charge in [0.05, 0.1) is 12.3 Å². The highest BCUT2D eigenvalue weighted by Gasteiger charge is 2.16. The van der Waals surface area contributed by atoms with Gasteiger partial charge in [0.25, 0.3) is 5.91 Å². The molecule has 4 nitrogen and oxygen atoms in total. The number of ether oxygens (including phenoxy) is 1. The summed E-state index contributed by atoms with van der Waals surface area (Å²) in [6.07, 6.45) is 0.927. The highest BCUT2D eigenvalue weighted by Crippen LogP contribution is 2.33. The van der Waals surface area contributed by atoms with Gasteiger partial charge in [-0.3, -0.25) is 4.79 Å². The standard InChI is InChI=1S/C13H12N2O2S/c1-7-11(12(14)16)18-13(15-7)9-2-3-10-8(6-9)4-5-17-10/h2-3,6H,4-5H2,1H3,(H2,14,16). The zero-order valence-corrected chi connectivity index (χ0v) is 10.7. The van der Waals surface area contributed by atoms with Crippen LogP contribution >= 0.6 is 11.3 Å². The van der Waals surface area contributed by atoms with Gasteiger partial charge < -0.3 is 10.5 Å². The Morgan fingerprint density at radius 1 is 1.50 bits per heavy atom. The van der Waals surface area contributed by atoms with E-state index in [9.17, 15) is 4.79 Å². The van der Waals surface area contributed by atoms with E-state index in [1.807, 2.05) is 12.1 Å². The first kappa shape index (κ1) is 11.2. The second-order valence-corrected chi connectivity index (χ2v) is 5.22. The summed E-state index contributed by atoms with van der Waals surface area (Å²) in [7, 11) is 0. The normalized spacial score (nSPS) is 13.2. The van der Waals surface area contributed by atoms with Crippen LogP contribution in [0.4, 0.5) is 0 Å². The van der Waals surface area contributed by atoms with Crippen molar-refractivity contribution in [3.63, 3.8) is 0 Å². The number of hydrogen-bond acceptors (Lipinski definition) is 4. The van der Waals surface area contributed by atoms with Gasteiger partial charge in [-0.15, -0.1) is 11.3 Å². The van der Waals surface area contributed by atoms with Crippen molar-refractivity contribution >= 4 is 17.2 Å². The molecule has 0 aliphatic carbocycles. The van der Waals surface area contributed by atoms with Crippen LogP contribution in [0.3, 0.4) is 0 Å². The summed E-state index contributed by atoms with van der Waals surface area (Å²) in [5.41, 5.74) is 8.21. The summed E-state index contributed by atoms with van der Waals surface area (Å²) in [6.45, 7) is 2.54. The summed E-state index contributed by atoms with van der Waals surface area (Å²) in [4.78, 5) is 16.2. The molecule has 0 atom stereocenters. The summed E-state index contributed by atoms with van der Waals surface area (Å²) in [5.74, 6) is 0.530. The molecule has 3 rings (SSSR count). The van der Waals surface area contributed by atoms with E-state index in [2.05, 4.69) is 11.1 Å². The van der Waals surface area contributed by atoms with E-state index in [4.69, 9.17) is 10.5 Å². The number of benzene rings is 1. The van der Waals surface area contributed by atoms with Gasteiger partial charge in [0.1, 0.15) is 15.6 Å². The third-order valence-corrected chi connectivity index (χ3v) is 4.18. The predicted molar refractivity (Wildman–Crippen MR) is 70.0 cm³/mol. The molecule has 1 amide bonds. The van der Waals surface area contributed by atoms with Crippen molar-refractivity contribution in [2.75, 3.05) is 6.61 Å². The molecule has 0 bridgehead atoms. The fourth-order valence-corrected chi connectivity index (χ4v) is 2.98. The molecule has 1 aliphatic rings. The number of thiazole rings is 1. The molecule has 92 valence electrons. The van der Waals surface area contributed by atoms with Gasteiger partial charge in [0.2, 0.25) is 0 Å². The second kappa shape index (κ2) is 4.10. The van der Waals surface area contributed by atoms with E-state index in [0.717, 1.165) is 29.3 Å². The number of fused-ring (bicyclic) bond motifs is 1. The number of carbonyl (C=O) groups is 1. The van der Waals surface area contributed by atoms with Crippen LogP contribution in [-0.4, -0.2) is 17.5 Å². The Morgan fingerprint density at radius 3 is 3.06 bits per heavy atom. The maximum atomic E-state index is 11.2. The van der Waals surface area contributed by atoms with Gasteiger partial charge in [-0.1, -0.05) is 0 Å². The molecule has 0 radical (unpaired) electrons. The van der Waals surface area contributed by atoms with E-state index in [-0.39, 0.29) is 0 Å². The largest absolute Gasteiger partial charge is 0.493 e. The first-order chi connectivity index (χ1) is 8.65. The van der Waals surface area contributed by atoms with Crippen molar-refractivity contribution in [2.24, 2.45) is 5.73 Å². The van der Waals surface area contributed by atoms with E-state index >= 15 is 0 Å². The molecule has 1 aromatic carbocycles. The Kier molecular flexibility index (Phi) is 2.56. The Bertz CT molecular complexity index is 634. The summed E-state index contributed by atoms with van der Waals surface area (Å²) < 4.78 is 5.47. The first-order valence-corrected chi connectivity index (χ1v) is 6.50. The minimum atomic E-state index is -0.416. The van der Waals surface area contributed by atoms with E-state index < -0.39 is 5.91 Å². The Labute approximate surface area is 108 Å². The molecule has 2 aromatic rings. The van der Waals surface area contributed by atoms with E-state index in [0.29, 0.717) is 10.6 Å². The van der Waals surface area contributed by atoms with Gasteiger partial charge in [-0.25, -0.2) is 4.98 Å². The van der Waals surface area contributed by atoms with Gasteiger partial charge in [-0.2, -0.15) is 0 Å². The molecule has 2 N–H and O–H groups in total. The molecule has 0 unspecified atom stereocenters. The van der Waals surface area contributed by atoms with E-state index in [1.54, 1.807) is 6.92 Å². The van der Waals surface area contributed by atoms with Crippen LogP contribution in [-0.2, 0) is 6.42 Å². The number of amides is 1. The third kappa shape index (κ3) is 1.76. The number of nitrogens with two attached hydrogens (primary N) is 1. The second-order valence-electron chi connectivity index (χ2n) is 4.22. The topological polar surface area (TPSA) is 65.2 Å². The number of nitrogens with zero attached hydrogens (tertiary/aromatic N) is 1. The molecular formula is C13H12N2O2S. The molecule has 0 fully saturated rings. The number of hydrogen-bond donors (Lipinski definition) is 1. The molecule has 18 heavy (non-hydrogen) atoms. The van der Waals surface area contributed by atoms with E-state index in [1.165, 1.54) is 16.9 Å². The fourth-order valence-electron chi connectivity index (χ4n) is 2.07. The maximum absolute atomic E-state index is 11.2.